The van der Waals surface area contributed by atoms with Gasteiger partial charge in [0.15, 0.2) is 0 Å². The molecule has 0 aromatic heterocycles. The first-order valence-electron chi connectivity index (χ1n) is 6.08. The fourth-order valence-corrected chi connectivity index (χ4v) is 3.38. The molecule has 0 amide bonds. The molecule has 0 bridgehead atoms. The van der Waals surface area contributed by atoms with Crippen molar-refractivity contribution in [2.24, 2.45) is 0 Å². The first kappa shape index (κ1) is 13.3. The zero-order valence-electron chi connectivity index (χ0n) is 10.8. The standard InChI is InChI=1S/C14H18N2OS/c1-14(2)10-16(5-6-18-14)13-4-3-11(9-17)7-12(13)8-15/h3-4,7,17H,5-6,9-10H2,1-2H3. The van der Waals surface area contributed by atoms with Gasteiger partial charge in [0.05, 0.1) is 17.9 Å². The van der Waals surface area contributed by atoms with E-state index in [1.165, 1.54) is 0 Å². The maximum absolute atomic E-state index is 9.24. The number of thioether (sulfide) groups is 1. The molecule has 1 aliphatic heterocycles. The van der Waals surface area contributed by atoms with Crippen LogP contribution in [0.2, 0.25) is 0 Å². The van der Waals surface area contributed by atoms with Gasteiger partial charge in [-0.2, -0.15) is 17.0 Å². The molecule has 4 heteroatoms. The summed E-state index contributed by atoms with van der Waals surface area (Å²) < 4.78 is 0.223. The van der Waals surface area contributed by atoms with Crippen LogP contribution in [-0.2, 0) is 6.61 Å². The predicted molar refractivity (Wildman–Crippen MR) is 75.8 cm³/mol. The van der Waals surface area contributed by atoms with Crippen LogP contribution in [0.1, 0.15) is 25.0 Å². The highest BCUT2D eigenvalue weighted by molar-refractivity contribution is 8.00. The SMILES string of the molecule is CC1(C)CN(c2ccc(CO)cc2C#N)CCS1. The van der Waals surface area contributed by atoms with E-state index in [0.29, 0.717) is 5.56 Å². The topological polar surface area (TPSA) is 47.3 Å². The number of aliphatic hydroxyl groups is 1. The van der Waals surface area contributed by atoms with Crippen LogP contribution in [0, 0.1) is 11.3 Å². The number of hydrogen-bond donors (Lipinski definition) is 1. The lowest BCUT2D eigenvalue weighted by Gasteiger charge is -2.39. The largest absolute Gasteiger partial charge is 0.392 e. The highest BCUT2D eigenvalue weighted by Crippen LogP contribution is 2.33. The number of nitriles is 1. The predicted octanol–water partition coefficient (Wildman–Crippen LogP) is 2.38. The lowest BCUT2D eigenvalue weighted by Crippen LogP contribution is -2.43. The molecular weight excluding hydrogens is 244 g/mol. The van der Waals surface area contributed by atoms with Gasteiger partial charge in [-0.15, -0.1) is 0 Å². The smallest absolute Gasteiger partial charge is 0.101 e. The Morgan fingerprint density at radius 3 is 2.89 bits per heavy atom. The summed E-state index contributed by atoms with van der Waals surface area (Å²) >= 11 is 1.98. The molecule has 0 spiro atoms. The Labute approximate surface area is 112 Å². The highest BCUT2D eigenvalue weighted by Gasteiger charge is 2.28. The van der Waals surface area contributed by atoms with E-state index in [1.807, 2.05) is 23.9 Å². The van der Waals surface area contributed by atoms with E-state index in [-0.39, 0.29) is 11.4 Å². The van der Waals surface area contributed by atoms with E-state index >= 15 is 0 Å². The Morgan fingerprint density at radius 2 is 2.28 bits per heavy atom. The number of benzene rings is 1. The van der Waals surface area contributed by atoms with Gasteiger partial charge < -0.3 is 10.0 Å². The molecule has 0 aliphatic carbocycles. The maximum atomic E-state index is 9.24. The maximum Gasteiger partial charge on any atom is 0.101 e. The van der Waals surface area contributed by atoms with E-state index in [2.05, 4.69) is 24.8 Å². The van der Waals surface area contributed by atoms with Crippen LogP contribution in [0.5, 0.6) is 0 Å². The van der Waals surface area contributed by atoms with Crippen molar-refractivity contribution < 1.29 is 5.11 Å². The molecule has 1 aliphatic rings. The van der Waals surface area contributed by atoms with Gasteiger partial charge in [0, 0.05) is 23.6 Å². The lowest BCUT2D eigenvalue weighted by molar-refractivity contribution is 0.282. The summed E-state index contributed by atoms with van der Waals surface area (Å²) in [6, 6.07) is 7.87. The van der Waals surface area contributed by atoms with Crippen LogP contribution in [-0.4, -0.2) is 28.7 Å². The molecule has 0 saturated carbocycles. The van der Waals surface area contributed by atoms with Gasteiger partial charge in [-0.3, -0.25) is 0 Å². The highest BCUT2D eigenvalue weighted by atomic mass is 32.2. The second kappa shape index (κ2) is 5.21. The van der Waals surface area contributed by atoms with E-state index < -0.39 is 0 Å². The molecule has 1 fully saturated rings. The normalized spacial score (nSPS) is 18.4. The van der Waals surface area contributed by atoms with Gasteiger partial charge in [0.2, 0.25) is 0 Å². The zero-order valence-corrected chi connectivity index (χ0v) is 11.6. The average molecular weight is 262 g/mol. The molecule has 1 aromatic carbocycles. The minimum absolute atomic E-state index is 0.0176. The Hall–Kier alpha value is -1.18. The summed E-state index contributed by atoms with van der Waals surface area (Å²) in [6.45, 7) is 6.37. The first-order chi connectivity index (χ1) is 8.55. The van der Waals surface area contributed by atoms with E-state index in [0.717, 1.165) is 30.1 Å². The van der Waals surface area contributed by atoms with Crippen molar-refractivity contribution in [3.63, 3.8) is 0 Å². The fraction of sp³-hybridized carbons (Fsp3) is 0.500. The molecule has 2 rings (SSSR count). The van der Waals surface area contributed by atoms with Crippen LogP contribution < -0.4 is 4.90 Å². The van der Waals surface area contributed by atoms with Gasteiger partial charge in [-0.25, -0.2) is 0 Å². The van der Waals surface area contributed by atoms with Crippen LogP contribution in [0.3, 0.4) is 0 Å². The minimum atomic E-state index is -0.0176. The first-order valence-corrected chi connectivity index (χ1v) is 7.07. The number of nitrogens with zero attached hydrogens (tertiary/aromatic N) is 2. The van der Waals surface area contributed by atoms with Crippen molar-refractivity contribution in [1.82, 2.24) is 0 Å². The molecule has 0 radical (unpaired) electrons. The van der Waals surface area contributed by atoms with Gasteiger partial charge >= 0.3 is 0 Å². The van der Waals surface area contributed by atoms with Crippen LogP contribution in [0.15, 0.2) is 18.2 Å². The molecule has 96 valence electrons. The molecule has 1 N–H and O–H groups in total. The quantitative estimate of drug-likeness (QED) is 0.889. The molecule has 0 atom stereocenters. The van der Waals surface area contributed by atoms with E-state index in [9.17, 15) is 5.26 Å². The summed E-state index contributed by atoms with van der Waals surface area (Å²) in [4.78, 5) is 2.27. The molecule has 1 heterocycles. The summed E-state index contributed by atoms with van der Waals surface area (Å²) in [6.07, 6.45) is 0. The number of aliphatic hydroxyl groups excluding tert-OH is 1. The fourth-order valence-electron chi connectivity index (χ4n) is 2.27. The van der Waals surface area contributed by atoms with Crippen molar-refractivity contribution in [3.05, 3.63) is 29.3 Å². The molecule has 0 unspecified atom stereocenters. The van der Waals surface area contributed by atoms with Crippen molar-refractivity contribution in [2.45, 2.75) is 25.2 Å². The molecule has 1 aromatic rings. The molecular formula is C14H18N2OS. The third kappa shape index (κ3) is 2.80. The Morgan fingerprint density at radius 1 is 1.50 bits per heavy atom. The van der Waals surface area contributed by atoms with Crippen molar-refractivity contribution in [1.29, 1.82) is 5.26 Å². The third-order valence-electron chi connectivity index (χ3n) is 3.13. The Balaban J connectivity index is 2.30. The second-order valence-electron chi connectivity index (χ2n) is 5.15. The van der Waals surface area contributed by atoms with Crippen molar-refractivity contribution >= 4 is 17.4 Å². The van der Waals surface area contributed by atoms with Crippen LogP contribution in [0.4, 0.5) is 5.69 Å². The minimum Gasteiger partial charge on any atom is -0.392 e. The number of hydrogen-bond acceptors (Lipinski definition) is 4. The summed E-state index contributed by atoms with van der Waals surface area (Å²) in [5, 5.41) is 18.4. The summed E-state index contributed by atoms with van der Waals surface area (Å²) in [7, 11) is 0. The van der Waals surface area contributed by atoms with Crippen molar-refractivity contribution in [3.8, 4) is 6.07 Å². The number of rotatable bonds is 2. The summed E-state index contributed by atoms with van der Waals surface area (Å²) in [5.74, 6) is 1.08. The van der Waals surface area contributed by atoms with Gasteiger partial charge in [0.1, 0.15) is 6.07 Å². The molecule has 3 nitrogen and oxygen atoms in total. The zero-order chi connectivity index (χ0) is 13.2. The molecule has 1 saturated heterocycles. The lowest BCUT2D eigenvalue weighted by atomic mass is 10.1. The Kier molecular flexibility index (Phi) is 3.84. The second-order valence-corrected chi connectivity index (χ2v) is 6.95. The van der Waals surface area contributed by atoms with Crippen LogP contribution in [0.25, 0.3) is 0 Å². The van der Waals surface area contributed by atoms with Crippen molar-refractivity contribution in [2.75, 3.05) is 23.7 Å². The third-order valence-corrected chi connectivity index (χ3v) is 4.43. The van der Waals surface area contributed by atoms with Gasteiger partial charge in [-0.1, -0.05) is 6.07 Å². The van der Waals surface area contributed by atoms with Gasteiger partial charge in [0.25, 0.3) is 0 Å². The summed E-state index contributed by atoms with van der Waals surface area (Å²) in [5.41, 5.74) is 2.44. The monoisotopic (exact) mass is 262 g/mol. The molecule has 18 heavy (non-hydrogen) atoms. The van der Waals surface area contributed by atoms with E-state index in [1.54, 1.807) is 6.07 Å². The average Bonchev–Trinajstić information content (AvgIpc) is 2.36. The van der Waals surface area contributed by atoms with Gasteiger partial charge in [-0.05, 0) is 31.5 Å². The Bertz CT molecular complexity index is 479. The van der Waals surface area contributed by atoms with Crippen LogP contribution >= 0.6 is 11.8 Å². The van der Waals surface area contributed by atoms with E-state index in [4.69, 9.17) is 5.11 Å². The number of anilines is 1.